The van der Waals surface area contributed by atoms with Gasteiger partial charge in [0.05, 0.1) is 6.61 Å². The normalized spacial score (nSPS) is 12.0. The Hall–Kier alpha value is -3.39. The number of amides is 2. The maximum Gasteiger partial charge on any atom is 0.407 e. The number of carbonyl (C=O) groups is 3. The number of fused-ring (bicyclic) bond motifs is 3. The van der Waals surface area contributed by atoms with Crippen LogP contribution in [-0.4, -0.2) is 56.0 Å². The van der Waals surface area contributed by atoms with Gasteiger partial charge >= 0.3 is 12.1 Å². The van der Waals surface area contributed by atoms with E-state index < -0.39 is 12.1 Å². The highest BCUT2D eigenvalue weighted by Crippen LogP contribution is 2.44. The first kappa shape index (κ1) is 26.2. The number of nitrogens with one attached hydrogen (secondary N) is 2. The summed E-state index contributed by atoms with van der Waals surface area (Å²) in [5.74, 6) is -0.944. The summed E-state index contributed by atoms with van der Waals surface area (Å²) in [7, 11) is 0. The van der Waals surface area contributed by atoms with Crippen LogP contribution in [0.25, 0.3) is 11.1 Å². The van der Waals surface area contributed by atoms with Gasteiger partial charge in [-0.15, -0.1) is 0 Å². The molecule has 0 unspecified atom stereocenters. The van der Waals surface area contributed by atoms with Gasteiger partial charge in [-0.2, -0.15) is 0 Å². The van der Waals surface area contributed by atoms with E-state index in [0.29, 0.717) is 13.0 Å². The number of aliphatic carboxylic acids is 1. The van der Waals surface area contributed by atoms with Crippen LogP contribution in [0, 0.1) is 0 Å². The zero-order valence-corrected chi connectivity index (χ0v) is 20.0. The molecule has 2 aromatic carbocycles. The molecule has 0 aliphatic heterocycles. The van der Waals surface area contributed by atoms with Crippen molar-refractivity contribution in [1.29, 1.82) is 0 Å². The standard InChI is InChI=1S/C27H34N2O6/c30-25(28-15-9-3-1-2-4-14-26(31)32)19-34-17-16-29-27(33)35-18-24-22-12-7-5-10-20(22)21-11-6-8-13-23(21)24/h5-8,10-13,24H,1-4,9,14-19H2,(H,28,30)(H,29,33)(H,31,32). The minimum atomic E-state index is -0.759. The second kappa shape index (κ2) is 14.1. The highest BCUT2D eigenvalue weighted by atomic mass is 16.5. The van der Waals surface area contributed by atoms with Gasteiger partial charge in [-0.3, -0.25) is 9.59 Å². The smallest absolute Gasteiger partial charge is 0.407 e. The van der Waals surface area contributed by atoms with E-state index in [1.54, 1.807) is 0 Å². The number of hydrogen-bond donors (Lipinski definition) is 3. The number of hydrogen-bond acceptors (Lipinski definition) is 5. The molecular weight excluding hydrogens is 448 g/mol. The molecule has 8 nitrogen and oxygen atoms in total. The molecule has 0 spiro atoms. The van der Waals surface area contributed by atoms with E-state index in [1.165, 1.54) is 11.1 Å². The lowest BCUT2D eigenvalue weighted by atomic mass is 9.98. The molecule has 0 saturated heterocycles. The van der Waals surface area contributed by atoms with Gasteiger partial charge in [0.1, 0.15) is 13.2 Å². The second-order valence-electron chi connectivity index (χ2n) is 8.57. The Morgan fingerprint density at radius 3 is 2.11 bits per heavy atom. The number of carboxylic acids is 1. The van der Waals surface area contributed by atoms with Crippen LogP contribution in [0.1, 0.15) is 55.6 Å². The van der Waals surface area contributed by atoms with Crippen LogP contribution in [-0.2, 0) is 19.1 Å². The van der Waals surface area contributed by atoms with Crippen molar-refractivity contribution in [3.63, 3.8) is 0 Å². The summed E-state index contributed by atoms with van der Waals surface area (Å²) in [6.45, 7) is 1.22. The van der Waals surface area contributed by atoms with Crippen LogP contribution in [0.2, 0.25) is 0 Å². The van der Waals surface area contributed by atoms with Crippen LogP contribution in [0.5, 0.6) is 0 Å². The SMILES string of the molecule is O=C(O)CCCCCCCNC(=O)COCCNC(=O)OCC1c2ccccc2-c2ccccc21. The molecule has 0 bridgehead atoms. The van der Waals surface area contributed by atoms with E-state index in [9.17, 15) is 14.4 Å². The molecule has 0 aromatic heterocycles. The molecule has 2 aromatic rings. The highest BCUT2D eigenvalue weighted by molar-refractivity contribution is 5.79. The molecule has 1 aliphatic rings. The molecule has 3 rings (SSSR count). The molecule has 35 heavy (non-hydrogen) atoms. The second-order valence-corrected chi connectivity index (χ2v) is 8.57. The predicted octanol–water partition coefficient (Wildman–Crippen LogP) is 4.08. The maximum atomic E-state index is 12.1. The summed E-state index contributed by atoms with van der Waals surface area (Å²) in [4.78, 5) is 34.4. The van der Waals surface area contributed by atoms with Gasteiger partial charge in [0, 0.05) is 25.4 Å². The molecule has 0 radical (unpaired) electrons. The Balaban J connectivity index is 1.22. The fourth-order valence-electron chi connectivity index (χ4n) is 4.25. The lowest BCUT2D eigenvalue weighted by molar-refractivity contribution is -0.137. The van der Waals surface area contributed by atoms with Gasteiger partial charge < -0.3 is 25.2 Å². The first-order valence-corrected chi connectivity index (χ1v) is 12.2. The first-order valence-electron chi connectivity index (χ1n) is 12.2. The van der Waals surface area contributed by atoms with E-state index in [0.717, 1.165) is 36.8 Å². The van der Waals surface area contributed by atoms with Crippen molar-refractivity contribution in [2.24, 2.45) is 0 Å². The Kier molecular flexibility index (Phi) is 10.6. The number of unbranched alkanes of at least 4 members (excludes halogenated alkanes) is 4. The van der Waals surface area contributed by atoms with Gasteiger partial charge in [-0.1, -0.05) is 67.8 Å². The summed E-state index contributed by atoms with van der Waals surface area (Å²) in [6.07, 6.45) is 4.04. The summed E-state index contributed by atoms with van der Waals surface area (Å²) >= 11 is 0. The average molecular weight is 483 g/mol. The van der Waals surface area contributed by atoms with Gasteiger partial charge in [-0.05, 0) is 35.1 Å². The average Bonchev–Trinajstić information content (AvgIpc) is 3.17. The van der Waals surface area contributed by atoms with Crippen molar-refractivity contribution in [3.05, 3.63) is 59.7 Å². The Morgan fingerprint density at radius 2 is 1.43 bits per heavy atom. The quantitative estimate of drug-likeness (QED) is 0.330. The third-order valence-corrected chi connectivity index (χ3v) is 5.98. The molecule has 0 atom stereocenters. The van der Waals surface area contributed by atoms with Crippen LogP contribution in [0.15, 0.2) is 48.5 Å². The molecule has 0 heterocycles. The van der Waals surface area contributed by atoms with E-state index >= 15 is 0 Å². The van der Waals surface area contributed by atoms with Crippen LogP contribution < -0.4 is 10.6 Å². The van der Waals surface area contributed by atoms with Gasteiger partial charge in [0.15, 0.2) is 0 Å². The first-order chi connectivity index (χ1) is 17.1. The largest absolute Gasteiger partial charge is 0.481 e. The van der Waals surface area contributed by atoms with E-state index in [2.05, 4.69) is 34.9 Å². The van der Waals surface area contributed by atoms with Crippen molar-refractivity contribution < 1.29 is 29.0 Å². The number of alkyl carbamates (subject to hydrolysis) is 1. The Labute approximate surface area is 206 Å². The summed E-state index contributed by atoms with van der Waals surface area (Å²) < 4.78 is 10.8. The van der Waals surface area contributed by atoms with E-state index in [1.807, 2.05) is 24.3 Å². The van der Waals surface area contributed by atoms with Crippen molar-refractivity contribution >= 4 is 18.0 Å². The third-order valence-electron chi connectivity index (χ3n) is 5.98. The molecule has 0 saturated carbocycles. The summed E-state index contributed by atoms with van der Waals surface area (Å²) in [5.41, 5.74) is 4.68. The van der Waals surface area contributed by atoms with Gasteiger partial charge in [-0.25, -0.2) is 4.79 Å². The fourth-order valence-corrected chi connectivity index (χ4v) is 4.25. The van der Waals surface area contributed by atoms with Crippen LogP contribution >= 0.6 is 0 Å². The fraction of sp³-hybridized carbons (Fsp3) is 0.444. The zero-order chi connectivity index (χ0) is 24.9. The Morgan fingerprint density at radius 1 is 0.800 bits per heavy atom. The van der Waals surface area contributed by atoms with Gasteiger partial charge in [0.25, 0.3) is 0 Å². The summed E-state index contributed by atoms with van der Waals surface area (Å²) in [5, 5.41) is 14.0. The molecule has 8 heteroatoms. The molecule has 0 fully saturated rings. The third kappa shape index (κ3) is 8.40. The van der Waals surface area contributed by atoms with Gasteiger partial charge in [0.2, 0.25) is 5.91 Å². The molecule has 3 N–H and O–H groups in total. The van der Waals surface area contributed by atoms with Crippen molar-refractivity contribution in [3.8, 4) is 11.1 Å². The summed E-state index contributed by atoms with van der Waals surface area (Å²) in [6, 6.07) is 16.3. The van der Waals surface area contributed by atoms with Crippen LogP contribution in [0.3, 0.4) is 0 Å². The van der Waals surface area contributed by atoms with Crippen molar-refractivity contribution in [2.75, 3.05) is 32.9 Å². The van der Waals surface area contributed by atoms with E-state index in [4.69, 9.17) is 14.6 Å². The maximum absolute atomic E-state index is 12.1. The highest BCUT2D eigenvalue weighted by Gasteiger charge is 2.28. The molecule has 2 amide bonds. The zero-order valence-electron chi connectivity index (χ0n) is 20.0. The lowest BCUT2D eigenvalue weighted by Crippen LogP contribution is -2.32. The minimum absolute atomic E-state index is 0.0119. The molecule has 1 aliphatic carbocycles. The van der Waals surface area contributed by atoms with Crippen LogP contribution in [0.4, 0.5) is 4.79 Å². The number of benzene rings is 2. The predicted molar refractivity (Wildman–Crippen MR) is 132 cm³/mol. The van der Waals surface area contributed by atoms with Crippen molar-refractivity contribution in [1.82, 2.24) is 10.6 Å². The molecular formula is C27H34N2O6. The Bertz CT molecular complexity index is 948. The molecule has 188 valence electrons. The topological polar surface area (TPSA) is 114 Å². The van der Waals surface area contributed by atoms with E-state index in [-0.39, 0.29) is 44.6 Å². The van der Waals surface area contributed by atoms with Crippen molar-refractivity contribution in [2.45, 2.75) is 44.4 Å². The number of ether oxygens (including phenoxy) is 2. The number of carbonyl (C=O) groups excluding carboxylic acids is 2. The number of rotatable bonds is 15. The minimum Gasteiger partial charge on any atom is -0.481 e. The number of carboxylic acid groups (broad SMARTS) is 1. The monoisotopic (exact) mass is 482 g/mol. The lowest BCUT2D eigenvalue weighted by Gasteiger charge is -2.14.